The van der Waals surface area contributed by atoms with Crippen LogP contribution in [0.1, 0.15) is 19.3 Å². The fourth-order valence-corrected chi connectivity index (χ4v) is 1.26. The zero-order chi connectivity index (χ0) is 8.81. The maximum absolute atomic E-state index is 10.8. The monoisotopic (exact) mass is 169 g/mol. The fourth-order valence-electron chi connectivity index (χ4n) is 1.26. The number of carbonyl (C=O) groups is 1. The van der Waals surface area contributed by atoms with Crippen molar-refractivity contribution in [3.8, 4) is 0 Å². The van der Waals surface area contributed by atoms with Crippen molar-refractivity contribution in [3.05, 3.63) is 11.6 Å². The first-order valence-corrected chi connectivity index (χ1v) is 4.28. The van der Waals surface area contributed by atoms with Crippen LogP contribution in [-0.4, -0.2) is 26.2 Å². The van der Waals surface area contributed by atoms with Gasteiger partial charge in [-0.2, -0.15) is 0 Å². The van der Waals surface area contributed by atoms with Crippen LogP contribution in [0.3, 0.4) is 0 Å². The molecule has 0 saturated carbocycles. The second-order valence-corrected chi connectivity index (χ2v) is 2.89. The van der Waals surface area contributed by atoms with Crippen LogP contribution in [0, 0.1) is 0 Å². The van der Waals surface area contributed by atoms with Crippen molar-refractivity contribution in [2.45, 2.75) is 19.3 Å². The summed E-state index contributed by atoms with van der Waals surface area (Å²) in [5, 5.41) is 3.26. The van der Waals surface area contributed by atoms with Crippen molar-refractivity contribution in [2.24, 2.45) is 0 Å². The minimum Gasteiger partial charge on any atom is -0.469 e. The number of esters is 1. The first-order chi connectivity index (χ1) is 5.83. The molecule has 0 spiro atoms. The number of nitrogens with one attached hydrogen (secondary N) is 1. The molecule has 0 bridgehead atoms. The molecule has 1 aliphatic rings. The van der Waals surface area contributed by atoms with Gasteiger partial charge in [-0.1, -0.05) is 11.6 Å². The third kappa shape index (κ3) is 3.05. The van der Waals surface area contributed by atoms with E-state index < -0.39 is 0 Å². The second kappa shape index (κ2) is 4.93. The van der Waals surface area contributed by atoms with Gasteiger partial charge in [-0.25, -0.2) is 0 Å². The van der Waals surface area contributed by atoms with Crippen LogP contribution >= 0.6 is 0 Å². The molecule has 1 N–H and O–H groups in total. The molecule has 0 unspecified atom stereocenters. The highest BCUT2D eigenvalue weighted by atomic mass is 16.5. The molecule has 1 aliphatic heterocycles. The summed E-state index contributed by atoms with van der Waals surface area (Å²) in [6.45, 7) is 2.07. The highest BCUT2D eigenvalue weighted by Gasteiger charge is 2.04. The fraction of sp³-hybridized carbons (Fsp3) is 0.667. The summed E-state index contributed by atoms with van der Waals surface area (Å²) in [4.78, 5) is 10.8. The topological polar surface area (TPSA) is 38.3 Å². The Kier molecular flexibility index (Phi) is 3.80. The summed E-state index contributed by atoms with van der Waals surface area (Å²) >= 11 is 0. The molecule has 0 aliphatic carbocycles. The van der Waals surface area contributed by atoms with Crippen LogP contribution in [0.4, 0.5) is 0 Å². The standard InChI is InChI=1S/C9H15NO2/c1-12-9(11)3-2-8-4-6-10-7-5-8/h2,10H,3-7H2,1H3. The third-order valence-electron chi connectivity index (χ3n) is 2.03. The van der Waals surface area contributed by atoms with Crippen LogP contribution in [0.25, 0.3) is 0 Å². The molecular formula is C9H15NO2. The summed E-state index contributed by atoms with van der Waals surface area (Å²) in [7, 11) is 1.42. The Morgan fingerprint density at radius 2 is 2.25 bits per heavy atom. The van der Waals surface area contributed by atoms with Gasteiger partial charge in [0.15, 0.2) is 0 Å². The minimum atomic E-state index is -0.152. The first-order valence-electron chi connectivity index (χ1n) is 4.28. The predicted octanol–water partition coefficient (Wildman–Crippen LogP) is 0.859. The quantitative estimate of drug-likeness (QED) is 0.492. The Hall–Kier alpha value is -0.830. The molecule has 68 valence electrons. The molecule has 1 heterocycles. The van der Waals surface area contributed by atoms with E-state index in [1.54, 1.807) is 0 Å². The van der Waals surface area contributed by atoms with E-state index in [4.69, 9.17) is 0 Å². The Bertz CT molecular complexity index is 179. The lowest BCUT2D eigenvalue weighted by Gasteiger charge is -2.14. The molecule has 1 saturated heterocycles. The molecule has 1 rings (SSSR count). The Balaban J connectivity index is 2.29. The number of ether oxygens (including phenoxy) is 1. The van der Waals surface area contributed by atoms with Gasteiger partial charge in [-0.3, -0.25) is 4.79 Å². The van der Waals surface area contributed by atoms with E-state index in [0.717, 1.165) is 25.9 Å². The molecule has 0 radical (unpaired) electrons. The number of carbonyl (C=O) groups excluding carboxylic acids is 1. The normalized spacial score (nSPS) is 17.2. The van der Waals surface area contributed by atoms with Crippen molar-refractivity contribution in [2.75, 3.05) is 20.2 Å². The van der Waals surface area contributed by atoms with Gasteiger partial charge in [0.1, 0.15) is 0 Å². The lowest BCUT2D eigenvalue weighted by atomic mass is 10.0. The number of hydrogen-bond donors (Lipinski definition) is 1. The minimum absolute atomic E-state index is 0.152. The van der Waals surface area contributed by atoms with Gasteiger partial charge in [-0.15, -0.1) is 0 Å². The van der Waals surface area contributed by atoms with Crippen LogP contribution in [0.2, 0.25) is 0 Å². The molecule has 0 aromatic carbocycles. The zero-order valence-electron chi connectivity index (χ0n) is 7.43. The van der Waals surface area contributed by atoms with Crippen LogP contribution < -0.4 is 5.32 Å². The highest BCUT2D eigenvalue weighted by molar-refractivity contribution is 5.71. The van der Waals surface area contributed by atoms with Gasteiger partial charge in [0.2, 0.25) is 0 Å². The number of methoxy groups -OCH3 is 1. The lowest BCUT2D eigenvalue weighted by molar-refractivity contribution is -0.139. The summed E-state index contributed by atoms with van der Waals surface area (Å²) in [6, 6.07) is 0. The molecule has 1 fully saturated rings. The van der Waals surface area contributed by atoms with Gasteiger partial charge in [0.25, 0.3) is 0 Å². The number of rotatable bonds is 2. The van der Waals surface area contributed by atoms with Gasteiger partial charge < -0.3 is 10.1 Å². The smallest absolute Gasteiger partial charge is 0.309 e. The van der Waals surface area contributed by atoms with Crippen LogP contribution in [0.5, 0.6) is 0 Å². The average molecular weight is 169 g/mol. The third-order valence-corrected chi connectivity index (χ3v) is 2.03. The van der Waals surface area contributed by atoms with E-state index in [-0.39, 0.29) is 5.97 Å². The molecule has 0 aromatic heterocycles. The van der Waals surface area contributed by atoms with E-state index in [1.165, 1.54) is 12.7 Å². The molecule has 3 heteroatoms. The lowest BCUT2D eigenvalue weighted by Crippen LogP contribution is -2.23. The maximum atomic E-state index is 10.8. The SMILES string of the molecule is COC(=O)CC=C1CCNCC1. The van der Waals surface area contributed by atoms with Crippen molar-refractivity contribution in [1.29, 1.82) is 0 Å². The van der Waals surface area contributed by atoms with E-state index in [9.17, 15) is 4.79 Å². The highest BCUT2D eigenvalue weighted by Crippen LogP contribution is 2.10. The predicted molar refractivity (Wildman–Crippen MR) is 46.8 cm³/mol. The maximum Gasteiger partial charge on any atom is 0.309 e. The molecule has 0 aromatic rings. The Labute approximate surface area is 72.8 Å². The average Bonchev–Trinajstić information content (AvgIpc) is 2.16. The van der Waals surface area contributed by atoms with Crippen molar-refractivity contribution < 1.29 is 9.53 Å². The second-order valence-electron chi connectivity index (χ2n) is 2.89. The Morgan fingerprint density at radius 1 is 1.58 bits per heavy atom. The number of hydrogen-bond acceptors (Lipinski definition) is 3. The Morgan fingerprint density at radius 3 is 2.83 bits per heavy atom. The van der Waals surface area contributed by atoms with E-state index in [0.29, 0.717) is 6.42 Å². The number of piperidine rings is 1. The van der Waals surface area contributed by atoms with Crippen molar-refractivity contribution >= 4 is 5.97 Å². The van der Waals surface area contributed by atoms with Gasteiger partial charge in [0.05, 0.1) is 13.5 Å². The molecular weight excluding hydrogens is 154 g/mol. The molecule has 12 heavy (non-hydrogen) atoms. The summed E-state index contributed by atoms with van der Waals surface area (Å²) in [5.41, 5.74) is 1.37. The van der Waals surface area contributed by atoms with Crippen LogP contribution in [-0.2, 0) is 9.53 Å². The van der Waals surface area contributed by atoms with E-state index in [1.807, 2.05) is 6.08 Å². The summed E-state index contributed by atoms with van der Waals surface area (Å²) in [6.07, 6.45) is 4.55. The van der Waals surface area contributed by atoms with Crippen molar-refractivity contribution in [1.82, 2.24) is 5.32 Å². The largest absolute Gasteiger partial charge is 0.469 e. The van der Waals surface area contributed by atoms with E-state index in [2.05, 4.69) is 10.1 Å². The molecule has 0 amide bonds. The first kappa shape index (κ1) is 9.26. The van der Waals surface area contributed by atoms with Crippen molar-refractivity contribution in [3.63, 3.8) is 0 Å². The van der Waals surface area contributed by atoms with E-state index >= 15 is 0 Å². The molecule has 3 nitrogen and oxygen atoms in total. The van der Waals surface area contributed by atoms with Crippen LogP contribution in [0.15, 0.2) is 11.6 Å². The van der Waals surface area contributed by atoms with Gasteiger partial charge in [-0.05, 0) is 25.9 Å². The van der Waals surface area contributed by atoms with Gasteiger partial charge >= 0.3 is 5.97 Å². The zero-order valence-corrected chi connectivity index (χ0v) is 7.43. The van der Waals surface area contributed by atoms with Gasteiger partial charge in [0, 0.05) is 0 Å². The summed E-state index contributed by atoms with van der Waals surface area (Å²) in [5.74, 6) is -0.152. The molecule has 0 atom stereocenters. The summed E-state index contributed by atoms with van der Waals surface area (Å²) < 4.78 is 4.54.